The maximum Gasteiger partial charge on any atom is 0.257 e. The molecule has 2 N–H and O–H groups in total. The standard InChI is InChI=1S/C25H22N4O2/c30-25-19-6-5-17(11-23(19)27-21-3-1-2-4-22(21)28-25)20-14-29(13-16-8-10-31-15-16)24-12-26-9-7-18(20)24/h1-7,9,11-12,14,16,27H,8,10,13,15H2,(H,28,30). The van der Waals surface area contributed by atoms with Gasteiger partial charge in [-0.3, -0.25) is 9.78 Å². The van der Waals surface area contributed by atoms with Crippen LogP contribution in [-0.4, -0.2) is 28.7 Å². The van der Waals surface area contributed by atoms with E-state index in [1.54, 1.807) is 0 Å². The van der Waals surface area contributed by atoms with E-state index in [4.69, 9.17) is 4.74 Å². The lowest BCUT2D eigenvalue weighted by Gasteiger charge is -2.10. The van der Waals surface area contributed by atoms with E-state index in [9.17, 15) is 4.79 Å². The molecule has 1 fully saturated rings. The first-order chi connectivity index (χ1) is 15.3. The van der Waals surface area contributed by atoms with Crippen LogP contribution < -0.4 is 10.6 Å². The number of nitrogens with zero attached hydrogens (tertiary/aromatic N) is 2. The topological polar surface area (TPSA) is 68.2 Å². The Kier molecular flexibility index (Phi) is 4.25. The van der Waals surface area contributed by atoms with Crippen LogP contribution in [0.4, 0.5) is 17.1 Å². The molecule has 0 spiro atoms. The summed E-state index contributed by atoms with van der Waals surface area (Å²) in [5, 5.41) is 7.58. The molecule has 6 nitrogen and oxygen atoms in total. The number of amides is 1. The van der Waals surface area contributed by atoms with E-state index in [2.05, 4.69) is 38.5 Å². The number of carbonyl (C=O) groups excluding carboxylic acids is 1. The summed E-state index contributed by atoms with van der Waals surface area (Å²) in [6.07, 6.45) is 7.06. The van der Waals surface area contributed by atoms with Gasteiger partial charge in [0.05, 0.1) is 40.9 Å². The minimum atomic E-state index is -0.105. The predicted octanol–water partition coefficient (Wildman–Crippen LogP) is 5.05. The Labute approximate surface area is 179 Å². The third-order valence-corrected chi connectivity index (χ3v) is 6.18. The zero-order valence-electron chi connectivity index (χ0n) is 17.0. The molecular weight excluding hydrogens is 388 g/mol. The van der Waals surface area contributed by atoms with Gasteiger partial charge in [0.2, 0.25) is 0 Å². The first-order valence-corrected chi connectivity index (χ1v) is 10.6. The van der Waals surface area contributed by atoms with E-state index >= 15 is 0 Å². The molecule has 0 bridgehead atoms. The van der Waals surface area contributed by atoms with Crippen LogP contribution in [0.3, 0.4) is 0 Å². The highest BCUT2D eigenvalue weighted by atomic mass is 16.5. The molecule has 6 rings (SSSR count). The molecule has 1 amide bonds. The van der Waals surface area contributed by atoms with Crippen molar-refractivity contribution >= 4 is 33.9 Å². The smallest absolute Gasteiger partial charge is 0.257 e. The number of fused-ring (bicyclic) bond motifs is 3. The maximum atomic E-state index is 12.8. The zero-order chi connectivity index (χ0) is 20.8. The van der Waals surface area contributed by atoms with Gasteiger partial charge in [0.15, 0.2) is 0 Å². The molecule has 2 aliphatic heterocycles. The zero-order valence-corrected chi connectivity index (χ0v) is 17.0. The van der Waals surface area contributed by atoms with Crippen LogP contribution in [0.1, 0.15) is 16.8 Å². The highest BCUT2D eigenvalue weighted by molar-refractivity contribution is 6.12. The van der Waals surface area contributed by atoms with Crippen LogP contribution in [0, 0.1) is 5.92 Å². The van der Waals surface area contributed by atoms with Crippen molar-refractivity contribution in [3.8, 4) is 11.1 Å². The van der Waals surface area contributed by atoms with Gasteiger partial charge in [0, 0.05) is 42.4 Å². The lowest BCUT2D eigenvalue weighted by Crippen LogP contribution is -2.10. The molecule has 4 aromatic rings. The van der Waals surface area contributed by atoms with Crippen molar-refractivity contribution in [2.75, 3.05) is 23.8 Å². The summed E-state index contributed by atoms with van der Waals surface area (Å²) in [4.78, 5) is 17.1. The number of nitrogens with one attached hydrogen (secondary N) is 2. The van der Waals surface area contributed by atoms with Crippen molar-refractivity contribution < 1.29 is 9.53 Å². The molecule has 2 aromatic carbocycles. The van der Waals surface area contributed by atoms with Crippen molar-refractivity contribution in [2.24, 2.45) is 5.92 Å². The number of benzene rings is 2. The summed E-state index contributed by atoms with van der Waals surface area (Å²) in [6.45, 7) is 2.57. The van der Waals surface area contributed by atoms with Gasteiger partial charge in [-0.25, -0.2) is 0 Å². The van der Waals surface area contributed by atoms with Gasteiger partial charge in [0.1, 0.15) is 0 Å². The third-order valence-electron chi connectivity index (χ3n) is 6.18. The van der Waals surface area contributed by atoms with Crippen molar-refractivity contribution in [3.05, 3.63) is 72.7 Å². The summed E-state index contributed by atoms with van der Waals surface area (Å²) in [5.41, 5.74) is 6.43. The van der Waals surface area contributed by atoms with Crippen LogP contribution in [0.15, 0.2) is 67.1 Å². The molecule has 0 radical (unpaired) electrons. The Bertz CT molecular complexity index is 1300. The highest BCUT2D eigenvalue weighted by Gasteiger charge is 2.21. The molecule has 2 aromatic heterocycles. The minimum absolute atomic E-state index is 0.105. The number of anilines is 3. The molecule has 0 aliphatic carbocycles. The van der Waals surface area contributed by atoms with Crippen LogP contribution >= 0.6 is 0 Å². The lowest BCUT2D eigenvalue weighted by atomic mass is 10.0. The van der Waals surface area contributed by atoms with E-state index in [0.717, 1.165) is 65.3 Å². The predicted molar refractivity (Wildman–Crippen MR) is 122 cm³/mol. The van der Waals surface area contributed by atoms with Crippen molar-refractivity contribution in [2.45, 2.75) is 13.0 Å². The van der Waals surface area contributed by atoms with Gasteiger partial charge in [-0.15, -0.1) is 0 Å². The van der Waals surface area contributed by atoms with Crippen LogP contribution in [0.25, 0.3) is 22.0 Å². The fourth-order valence-electron chi connectivity index (χ4n) is 4.57. The second-order valence-corrected chi connectivity index (χ2v) is 8.20. The quantitative estimate of drug-likeness (QED) is 0.496. The molecule has 1 atom stereocenters. The van der Waals surface area contributed by atoms with Crippen molar-refractivity contribution in [3.63, 3.8) is 0 Å². The number of pyridine rings is 1. The number of para-hydroxylation sites is 2. The molecular formula is C25H22N4O2. The average Bonchev–Trinajstić information content (AvgIpc) is 3.40. The maximum absolute atomic E-state index is 12.8. The lowest BCUT2D eigenvalue weighted by molar-refractivity contribution is 0.102. The Balaban J connectivity index is 1.45. The summed E-state index contributed by atoms with van der Waals surface area (Å²) < 4.78 is 7.86. The summed E-state index contributed by atoms with van der Waals surface area (Å²) >= 11 is 0. The summed E-state index contributed by atoms with van der Waals surface area (Å²) in [7, 11) is 0. The number of rotatable bonds is 3. The Hall–Kier alpha value is -3.64. The molecule has 154 valence electrons. The van der Waals surface area contributed by atoms with Gasteiger partial charge < -0.3 is 19.9 Å². The molecule has 6 heteroatoms. The number of hydrogen-bond acceptors (Lipinski definition) is 4. The van der Waals surface area contributed by atoms with Crippen LogP contribution in [0.2, 0.25) is 0 Å². The van der Waals surface area contributed by atoms with Gasteiger partial charge in [-0.2, -0.15) is 0 Å². The van der Waals surface area contributed by atoms with E-state index in [-0.39, 0.29) is 5.91 Å². The van der Waals surface area contributed by atoms with Gasteiger partial charge in [-0.05, 0) is 42.3 Å². The second-order valence-electron chi connectivity index (χ2n) is 8.20. The number of aromatic nitrogens is 2. The van der Waals surface area contributed by atoms with Gasteiger partial charge >= 0.3 is 0 Å². The van der Waals surface area contributed by atoms with Gasteiger partial charge in [0.25, 0.3) is 5.91 Å². The first kappa shape index (κ1) is 18.2. The van der Waals surface area contributed by atoms with Crippen molar-refractivity contribution in [1.82, 2.24) is 9.55 Å². The molecule has 4 heterocycles. The van der Waals surface area contributed by atoms with Crippen LogP contribution in [0.5, 0.6) is 0 Å². The van der Waals surface area contributed by atoms with E-state index in [1.165, 1.54) is 0 Å². The fraction of sp³-hybridized carbons (Fsp3) is 0.200. The Morgan fingerprint density at radius 2 is 1.90 bits per heavy atom. The third kappa shape index (κ3) is 3.16. The molecule has 31 heavy (non-hydrogen) atoms. The van der Waals surface area contributed by atoms with Gasteiger partial charge in [-0.1, -0.05) is 18.2 Å². The van der Waals surface area contributed by atoms with E-state index in [1.807, 2.05) is 48.8 Å². The van der Waals surface area contributed by atoms with E-state index < -0.39 is 0 Å². The minimum Gasteiger partial charge on any atom is -0.381 e. The summed E-state index contributed by atoms with van der Waals surface area (Å²) in [6, 6.07) is 15.8. The first-order valence-electron chi connectivity index (χ1n) is 10.6. The summed E-state index contributed by atoms with van der Waals surface area (Å²) in [5.74, 6) is 0.421. The SMILES string of the molecule is O=C1Nc2ccccc2Nc2cc(-c3cn(CC4CCOC4)c4cnccc34)ccc21. The van der Waals surface area contributed by atoms with E-state index in [0.29, 0.717) is 11.5 Å². The largest absolute Gasteiger partial charge is 0.381 e. The Morgan fingerprint density at radius 1 is 1.03 bits per heavy atom. The second kappa shape index (κ2) is 7.25. The highest BCUT2D eigenvalue weighted by Crippen LogP contribution is 2.37. The molecule has 1 saturated heterocycles. The average molecular weight is 410 g/mol. The fourth-order valence-corrected chi connectivity index (χ4v) is 4.57. The normalized spacial score (nSPS) is 17.5. The molecule has 2 aliphatic rings. The van der Waals surface area contributed by atoms with Crippen molar-refractivity contribution in [1.29, 1.82) is 0 Å². The number of carbonyl (C=O) groups is 1. The molecule has 1 unspecified atom stereocenters. The van der Waals surface area contributed by atoms with Crippen LogP contribution in [-0.2, 0) is 11.3 Å². The molecule has 0 saturated carbocycles. The Morgan fingerprint density at radius 3 is 2.74 bits per heavy atom. The number of hydrogen-bond donors (Lipinski definition) is 2. The monoisotopic (exact) mass is 410 g/mol. The number of ether oxygens (including phenoxy) is 1.